The number of fused-ring (bicyclic) bond motifs is 1. The summed E-state index contributed by atoms with van der Waals surface area (Å²) in [6.45, 7) is 7.65. The Morgan fingerprint density at radius 2 is 2.10 bits per heavy atom. The summed E-state index contributed by atoms with van der Waals surface area (Å²) in [6, 6.07) is 7.62. The molecule has 148 valence electrons. The number of nitrogens with one attached hydrogen (secondary N) is 1. The van der Waals surface area contributed by atoms with E-state index in [1.165, 1.54) is 0 Å². The van der Waals surface area contributed by atoms with Crippen LogP contribution in [0.4, 0.5) is 0 Å². The zero-order valence-corrected chi connectivity index (χ0v) is 16.8. The maximum absolute atomic E-state index is 11.4. The fourth-order valence-corrected chi connectivity index (χ4v) is 3.21. The van der Waals surface area contributed by atoms with Crippen molar-refractivity contribution in [3.63, 3.8) is 0 Å². The van der Waals surface area contributed by atoms with Crippen LogP contribution >= 0.6 is 0 Å². The number of rotatable bonds is 6. The third-order valence-electron chi connectivity index (χ3n) is 4.38. The van der Waals surface area contributed by atoms with Crippen molar-refractivity contribution in [2.45, 2.75) is 40.3 Å². The third kappa shape index (κ3) is 3.87. The van der Waals surface area contributed by atoms with Crippen molar-refractivity contribution in [2.75, 3.05) is 0 Å². The molecule has 8 nitrogen and oxygen atoms in total. The van der Waals surface area contributed by atoms with Crippen molar-refractivity contribution in [3.8, 4) is 28.5 Å². The first-order valence-corrected chi connectivity index (χ1v) is 9.43. The number of benzene rings is 1. The Hall–Kier alpha value is -3.55. The van der Waals surface area contributed by atoms with Crippen molar-refractivity contribution >= 4 is 16.7 Å². The van der Waals surface area contributed by atoms with Crippen LogP contribution < -0.4 is 4.74 Å². The number of Topliss-reactive ketones (excluding diaryl/α,β-unsaturated/α-hetero) is 1. The fraction of sp³-hybridized carbons (Fsp3) is 0.286. The Balaban J connectivity index is 1.74. The molecular weight excluding hydrogens is 368 g/mol. The molecule has 0 bridgehead atoms. The van der Waals surface area contributed by atoms with E-state index in [4.69, 9.17) is 9.72 Å². The molecule has 0 amide bonds. The van der Waals surface area contributed by atoms with Crippen LogP contribution in [-0.4, -0.2) is 41.8 Å². The first kappa shape index (κ1) is 18.8. The highest BCUT2D eigenvalue weighted by Gasteiger charge is 2.15. The summed E-state index contributed by atoms with van der Waals surface area (Å²) >= 11 is 0. The van der Waals surface area contributed by atoms with Gasteiger partial charge in [-0.2, -0.15) is 10.2 Å². The minimum Gasteiger partial charge on any atom is -0.491 e. The molecule has 0 aliphatic rings. The fourth-order valence-electron chi connectivity index (χ4n) is 3.21. The van der Waals surface area contributed by atoms with Crippen LogP contribution in [-0.2, 0) is 11.3 Å². The summed E-state index contributed by atoms with van der Waals surface area (Å²) in [4.78, 5) is 20.5. The minimum absolute atomic E-state index is 0.0461. The van der Waals surface area contributed by atoms with E-state index in [0.29, 0.717) is 11.5 Å². The molecule has 1 aromatic carbocycles. The van der Waals surface area contributed by atoms with Crippen molar-refractivity contribution in [1.29, 1.82) is 0 Å². The van der Waals surface area contributed by atoms with Crippen LogP contribution in [0, 0.1) is 6.92 Å². The highest BCUT2D eigenvalue weighted by Crippen LogP contribution is 2.29. The Kier molecular flexibility index (Phi) is 4.84. The molecule has 0 radical (unpaired) electrons. The molecule has 3 aromatic heterocycles. The quantitative estimate of drug-likeness (QED) is 0.540. The lowest BCUT2D eigenvalue weighted by Crippen LogP contribution is -2.06. The molecule has 0 saturated heterocycles. The van der Waals surface area contributed by atoms with E-state index in [1.54, 1.807) is 17.8 Å². The summed E-state index contributed by atoms with van der Waals surface area (Å²) in [5.41, 5.74) is 3.93. The van der Waals surface area contributed by atoms with Crippen LogP contribution in [0.1, 0.15) is 26.5 Å². The number of ether oxygens (including phenoxy) is 1. The summed E-state index contributed by atoms with van der Waals surface area (Å²) < 4.78 is 7.44. The molecule has 4 aromatic rings. The van der Waals surface area contributed by atoms with E-state index < -0.39 is 0 Å². The maximum Gasteiger partial charge on any atom is 0.181 e. The van der Waals surface area contributed by atoms with Gasteiger partial charge in [0, 0.05) is 23.3 Å². The van der Waals surface area contributed by atoms with E-state index in [1.807, 2.05) is 51.2 Å². The van der Waals surface area contributed by atoms with Crippen molar-refractivity contribution < 1.29 is 9.53 Å². The van der Waals surface area contributed by atoms with Gasteiger partial charge in [0.05, 0.1) is 29.6 Å². The molecule has 0 unspecified atom stereocenters. The summed E-state index contributed by atoms with van der Waals surface area (Å²) in [6.07, 6.45) is 3.62. The number of H-pyrrole nitrogens is 1. The van der Waals surface area contributed by atoms with Crippen molar-refractivity contribution in [3.05, 3.63) is 42.4 Å². The molecular formula is C21H22N6O2. The molecule has 0 aliphatic heterocycles. The van der Waals surface area contributed by atoms with Gasteiger partial charge in [-0.3, -0.25) is 14.6 Å². The highest BCUT2D eigenvalue weighted by molar-refractivity contribution is 5.92. The molecule has 0 aliphatic carbocycles. The number of carbonyl (C=O) groups is 1. The first-order valence-electron chi connectivity index (χ1n) is 9.43. The Morgan fingerprint density at radius 1 is 1.28 bits per heavy atom. The monoisotopic (exact) mass is 390 g/mol. The average molecular weight is 390 g/mol. The van der Waals surface area contributed by atoms with Gasteiger partial charge < -0.3 is 4.74 Å². The number of hydrogen-bond donors (Lipinski definition) is 1. The van der Waals surface area contributed by atoms with Crippen LogP contribution in [0.5, 0.6) is 5.75 Å². The largest absolute Gasteiger partial charge is 0.491 e. The Bertz CT molecular complexity index is 1190. The highest BCUT2D eigenvalue weighted by atomic mass is 16.5. The third-order valence-corrected chi connectivity index (χ3v) is 4.38. The second-order valence-electron chi connectivity index (χ2n) is 7.24. The molecule has 0 atom stereocenters. The molecule has 3 heterocycles. The molecule has 0 spiro atoms. The zero-order valence-electron chi connectivity index (χ0n) is 16.8. The summed E-state index contributed by atoms with van der Waals surface area (Å²) in [7, 11) is 0. The second kappa shape index (κ2) is 7.46. The van der Waals surface area contributed by atoms with Gasteiger partial charge in [-0.1, -0.05) is 0 Å². The number of nitrogens with zero attached hydrogens (tertiary/aromatic N) is 5. The average Bonchev–Trinajstić information content (AvgIpc) is 3.24. The van der Waals surface area contributed by atoms with Crippen LogP contribution in [0.15, 0.2) is 36.7 Å². The molecule has 29 heavy (non-hydrogen) atoms. The topological polar surface area (TPSA) is 98.6 Å². The Morgan fingerprint density at radius 3 is 2.86 bits per heavy atom. The molecule has 4 rings (SSSR count). The van der Waals surface area contributed by atoms with Crippen LogP contribution in [0.3, 0.4) is 0 Å². The molecule has 1 N–H and O–H groups in total. The number of hydrogen-bond acceptors (Lipinski definition) is 6. The first-order chi connectivity index (χ1) is 13.9. The van der Waals surface area contributed by atoms with Gasteiger partial charge in [0.1, 0.15) is 11.4 Å². The van der Waals surface area contributed by atoms with Crippen LogP contribution in [0.25, 0.3) is 33.7 Å². The number of carbonyl (C=O) groups excluding carboxylic acids is 1. The SMILES string of the molecule is CC(=O)Cn1cc(-c2ccnc(-c3n[nH]c4ccc(OC(C)C)cc34)n2)c(C)n1. The molecule has 0 saturated carbocycles. The predicted molar refractivity (Wildman–Crippen MR) is 110 cm³/mol. The molecule has 8 heteroatoms. The summed E-state index contributed by atoms with van der Waals surface area (Å²) in [5.74, 6) is 1.33. The van der Waals surface area contributed by atoms with E-state index in [-0.39, 0.29) is 18.4 Å². The second-order valence-corrected chi connectivity index (χ2v) is 7.24. The number of aromatic amines is 1. The lowest BCUT2D eigenvalue weighted by molar-refractivity contribution is -0.117. The molecule has 0 fully saturated rings. The van der Waals surface area contributed by atoms with E-state index in [9.17, 15) is 4.79 Å². The van der Waals surface area contributed by atoms with Gasteiger partial charge >= 0.3 is 0 Å². The van der Waals surface area contributed by atoms with Gasteiger partial charge in [0.2, 0.25) is 0 Å². The van der Waals surface area contributed by atoms with Gasteiger partial charge in [0.15, 0.2) is 11.6 Å². The Labute approximate surface area is 168 Å². The minimum atomic E-state index is 0.0461. The van der Waals surface area contributed by atoms with Gasteiger partial charge in [-0.25, -0.2) is 9.97 Å². The lowest BCUT2D eigenvalue weighted by Gasteiger charge is -2.09. The van der Waals surface area contributed by atoms with Crippen LogP contribution in [0.2, 0.25) is 0 Å². The number of aryl methyl sites for hydroxylation is 1. The smallest absolute Gasteiger partial charge is 0.181 e. The van der Waals surface area contributed by atoms with E-state index in [2.05, 4.69) is 20.3 Å². The van der Waals surface area contributed by atoms with Gasteiger partial charge in [-0.05, 0) is 52.0 Å². The normalized spacial score (nSPS) is 11.3. The predicted octanol–water partition coefficient (Wildman–Crippen LogP) is 3.57. The van der Waals surface area contributed by atoms with Gasteiger partial charge in [0.25, 0.3) is 0 Å². The standard InChI is InChI=1S/C21H22N6O2/c1-12(2)29-15-5-6-19-16(9-15)20(25-24-19)21-22-8-7-18(23-21)17-11-27(10-13(3)28)26-14(17)4/h5-9,11-12H,10H2,1-4H3,(H,24,25). The van der Waals surface area contributed by atoms with Gasteiger partial charge in [-0.15, -0.1) is 0 Å². The number of aromatic nitrogens is 6. The van der Waals surface area contributed by atoms with E-state index >= 15 is 0 Å². The van der Waals surface area contributed by atoms with Crippen molar-refractivity contribution in [2.24, 2.45) is 0 Å². The maximum atomic E-state index is 11.4. The lowest BCUT2D eigenvalue weighted by atomic mass is 10.1. The number of ketones is 1. The zero-order chi connectivity index (χ0) is 20.5. The summed E-state index contributed by atoms with van der Waals surface area (Å²) in [5, 5.41) is 12.7. The van der Waals surface area contributed by atoms with Crippen molar-refractivity contribution in [1.82, 2.24) is 29.9 Å². The van der Waals surface area contributed by atoms with E-state index in [0.717, 1.165) is 33.6 Å².